The first-order valence-electron chi connectivity index (χ1n) is 16.1. The van der Waals surface area contributed by atoms with Crippen LogP contribution in [0.4, 0.5) is 8.78 Å². The normalized spacial score (nSPS) is 18.9. The number of aliphatic hydroxyl groups excluding tert-OH is 1. The Morgan fingerprint density at radius 1 is 0.872 bits per heavy atom. The lowest BCUT2D eigenvalue weighted by Gasteiger charge is -2.34. The maximum atomic E-state index is 14.1. The van der Waals surface area contributed by atoms with Gasteiger partial charge >= 0.3 is 11.9 Å². The van der Waals surface area contributed by atoms with Crippen LogP contribution in [0.3, 0.4) is 0 Å². The highest BCUT2D eigenvalue weighted by atomic mass is 19.1. The Hall–Kier alpha value is -3.90. The molecule has 2 amide bonds. The van der Waals surface area contributed by atoms with Crippen LogP contribution in [-0.2, 0) is 25.5 Å². The summed E-state index contributed by atoms with van der Waals surface area (Å²) in [6, 6.07) is 6.47. The number of amides is 2. The highest BCUT2D eigenvalue weighted by Gasteiger charge is 2.37. The number of ether oxygens (including phenoxy) is 2. The number of hydrogen-bond donors (Lipinski definition) is 3. The molecule has 10 nitrogen and oxygen atoms in total. The van der Waals surface area contributed by atoms with Gasteiger partial charge in [0.2, 0.25) is 0 Å². The number of methoxy groups -OCH3 is 2. The molecule has 3 N–H and O–H groups in total. The average Bonchev–Trinajstić information content (AvgIpc) is 3.04. The monoisotopic (exact) mass is 659 g/mol. The lowest BCUT2D eigenvalue weighted by molar-refractivity contribution is -0.152. The first-order valence-corrected chi connectivity index (χ1v) is 16.1. The number of carbonyl (C=O) groups is 4. The van der Waals surface area contributed by atoms with E-state index in [1.807, 2.05) is 13.8 Å². The molecule has 0 spiro atoms. The van der Waals surface area contributed by atoms with Gasteiger partial charge in [0, 0.05) is 42.9 Å². The maximum absolute atomic E-state index is 14.1. The van der Waals surface area contributed by atoms with Crippen molar-refractivity contribution in [1.82, 2.24) is 15.5 Å². The van der Waals surface area contributed by atoms with E-state index in [0.717, 1.165) is 31.0 Å². The third-order valence-electron chi connectivity index (χ3n) is 8.41. The molecule has 0 aliphatic heterocycles. The molecule has 12 heteroatoms. The summed E-state index contributed by atoms with van der Waals surface area (Å²) in [5.74, 6) is -4.37. The molecule has 5 atom stereocenters. The minimum atomic E-state index is -1.25. The fourth-order valence-electron chi connectivity index (χ4n) is 6.23. The Morgan fingerprint density at radius 3 is 1.96 bits per heavy atom. The lowest BCUT2D eigenvalue weighted by Crippen LogP contribution is -2.51. The van der Waals surface area contributed by atoms with Crippen LogP contribution in [0, 0.1) is 30.4 Å². The van der Waals surface area contributed by atoms with Crippen molar-refractivity contribution in [1.29, 1.82) is 0 Å². The van der Waals surface area contributed by atoms with Gasteiger partial charge in [0.25, 0.3) is 11.8 Å². The molecular weight excluding hydrogens is 612 g/mol. The van der Waals surface area contributed by atoms with Crippen LogP contribution >= 0.6 is 0 Å². The smallest absolute Gasteiger partial charge is 0.308 e. The molecular formula is C35H47F2N3O7. The number of nitrogens with zero attached hydrogens (tertiary/aromatic N) is 1. The number of esters is 2. The maximum Gasteiger partial charge on any atom is 0.308 e. The van der Waals surface area contributed by atoms with E-state index in [1.165, 1.54) is 20.3 Å². The highest BCUT2D eigenvalue weighted by molar-refractivity contribution is 6.00. The highest BCUT2D eigenvalue weighted by Crippen LogP contribution is 2.31. The summed E-state index contributed by atoms with van der Waals surface area (Å²) in [6.07, 6.45) is 1.19. The van der Waals surface area contributed by atoms with Gasteiger partial charge in [-0.3, -0.25) is 19.2 Å². The molecule has 1 fully saturated rings. The second-order valence-corrected chi connectivity index (χ2v) is 12.3. The van der Waals surface area contributed by atoms with Crippen molar-refractivity contribution in [2.75, 3.05) is 33.9 Å². The van der Waals surface area contributed by atoms with Crippen molar-refractivity contribution in [3.63, 3.8) is 0 Å². The van der Waals surface area contributed by atoms with Crippen LogP contribution in [0.15, 0.2) is 36.4 Å². The number of aryl methyl sites for hydroxylation is 1. The molecule has 0 aromatic heterocycles. The molecule has 1 aliphatic rings. The minimum absolute atomic E-state index is 0.0737. The zero-order valence-electron chi connectivity index (χ0n) is 27.8. The van der Waals surface area contributed by atoms with Gasteiger partial charge in [0.1, 0.15) is 11.6 Å². The summed E-state index contributed by atoms with van der Waals surface area (Å²) in [4.78, 5) is 53.3. The molecule has 0 heterocycles. The van der Waals surface area contributed by atoms with Gasteiger partial charge in [-0.05, 0) is 86.9 Å². The number of aliphatic hydroxyl groups is 1. The molecule has 1 unspecified atom stereocenters. The lowest BCUT2D eigenvalue weighted by atomic mass is 9.78. The molecule has 1 saturated carbocycles. The Balaban J connectivity index is 1.84. The summed E-state index contributed by atoms with van der Waals surface area (Å²) in [6.45, 7) is 6.83. The molecule has 0 saturated heterocycles. The second kappa shape index (κ2) is 17.9. The van der Waals surface area contributed by atoms with Gasteiger partial charge in [-0.2, -0.15) is 0 Å². The van der Waals surface area contributed by atoms with Gasteiger partial charge < -0.3 is 30.1 Å². The summed E-state index contributed by atoms with van der Waals surface area (Å²) < 4.78 is 38.0. The Labute approximate surface area is 275 Å². The fourth-order valence-corrected chi connectivity index (χ4v) is 6.23. The number of hydrogen-bond acceptors (Lipinski definition) is 8. The first-order chi connectivity index (χ1) is 22.4. The van der Waals surface area contributed by atoms with Crippen LogP contribution < -0.4 is 10.6 Å². The summed E-state index contributed by atoms with van der Waals surface area (Å²) in [5, 5.41) is 17.4. The van der Waals surface area contributed by atoms with E-state index in [2.05, 4.69) is 10.6 Å². The van der Waals surface area contributed by atoms with E-state index in [4.69, 9.17) is 9.47 Å². The van der Waals surface area contributed by atoms with Crippen molar-refractivity contribution in [3.05, 3.63) is 70.3 Å². The van der Waals surface area contributed by atoms with E-state index in [1.54, 1.807) is 24.0 Å². The topological polar surface area (TPSA) is 134 Å². The molecule has 258 valence electrons. The molecule has 0 radical (unpaired) electrons. The average molecular weight is 660 g/mol. The standard InChI is InChI=1S/C35H47F2N3O7/c1-6-8-40(9-7-2)33(43)24-11-21(3)10-23(15-24)32(42)39-30(14-22-12-27(36)19-28(37)13-22)31(41)20-38-29-17-25(34(44)46-4)16-26(18-29)35(45)47-5/h10-13,15,19,25-26,29-31,38,41H,6-9,14,16-18,20H2,1-5H3,(H,39,42)/t25-,26+,29?,30-,31+/m0/s1. The van der Waals surface area contributed by atoms with Gasteiger partial charge in [0.15, 0.2) is 0 Å². The van der Waals surface area contributed by atoms with Crippen LogP contribution in [-0.4, -0.2) is 85.8 Å². The Bertz CT molecular complexity index is 1350. The minimum Gasteiger partial charge on any atom is -0.469 e. The number of benzene rings is 2. The van der Waals surface area contributed by atoms with Crippen LogP contribution in [0.1, 0.15) is 77.8 Å². The number of carbonyl (C=O) groups excluding carboxylic acids is 4. The predicted molar refractivity (Wildman–Crippen MR) is 172 cm³/mol. The van der Waals surface area contributed by atoms with Gasteiger partial charge in [-0.15, -0.1) is 0 Å². The molecule has 1 aliphatic carbocycles. The molecule has 2 aromatic carbocycles. The number of halogens is 2. The number of rotatable bonds is 15. The van der Waals surface area contributed by atoms with Gasteiger partial charge in [-0.1, -0.05) is 13.8 Å². The fraction of sp³-hybridized carbons (Fsp3) is 0.543. The molecule has 2 aromatic rings. The van der Waals surface area contributed by atoms with Crippen molar-refractivity contribution < 1.29 is 42.5 Å². The van der Waals surface area contributed by atoms with Crippen molar-refractivity contribution in [3.8, 4) is 0 Å². The SMILES string of the molecule is CCCN(CCC)C(=O)c1cc(C)cc(C(=O)N[C@@H](Cc2cc(F)cc(F)c2)[C@H](O)CNC2C[C@@H](C(=O)OC)C[C@@H](C(=O)OC)C2)c1. The molecule has 0 bridgehead atoms. The van der Waals surface area contributed by atoms with Crippen LogP contribution in [0.2, 0.25) is 0 Å². The van der Waals surface area contributed by atoms with Crippen molar-refractivity contribution in [2.45, 2.75) is 77.5 Å². The summed E-state index contributed by atoms with van der Waals surface area (Å²) >= 11 is 0. The summed E-state index contributed by atoms with van der Waals surface area (Å²) in [7, 11) is 2.55. The van der Waals surface area contributed by atoms with Gasteiger partial charge in [0.05, 0.1) is 38.2 Å². The zero-order chi connectivity index (χ0) is 34.7. The quantitative estimate of drug-likeness (QED) is 0.245. The first kappa shape index (κ1) is 37.6. The van der Waals surface area contributed by atoms with E-state index >= 15 is 0 Å². The summed E-state index contributed by atoms with van der Waals surface area (Å²) in [5.41, 5.74) is 1.47. The van der Waals surface area contributed by atoms with Gasteiger partial charge in [-0.25, -0.2) is 8.78 Å². The van der Waals surface area contributed by atoms with Crippen LogP contribution in [0.25, 0.3) is 0 Å². The molecule has 3 rings (SSSR count). The van der Waals surface area contributed by atoms with Crippen molar-refractivity contribution >= 4 is 23.8 Å². The third-order valence-corrected chi connectivity index (χ3v) is 8.41. The number of nitrogens with one attached hydrogen (secondary N) is 2. The van der Waals surface area contributed by atoms with E-state index in [0.29, 0.717) is 37.1 Å². The van der Waals surface area contributed by atoms with Crippen LogP contribution in [0.5, 0.6) is 0 Å². The van der Waals surface area contributed by atoms with E-state index in [9.17, 15) is 33.1 Å². The second-order valence-electron chi connectivity index (χ2n) is 12.3. The van der Waals surface area contributed by atoms with E-state index < -0.39 is 53.5 Å². The predicted octanol–water partition coefficient (Wildman–Crippen LogP) is 3.96. The van der Waals surface area contributed by atoms with Crippen molar-refractivity contribution in [2.24, 2.45) is 11.8 Å². The zero-order valence-corrected chi connectivity index (χ0v) is 27.8. The molecule has 47 heavy (non-hydrogen) atoms. The largest absolute Gasteiger partial charge is 0.469 e. The Morgan fingerprint density at radius 2 is 1.43 bits per heavy atom. The van der Waals surface area contributed by atoms with E-state index in [-0.39, 0.29) is 42.5 Å². The third kappa shape index (κ3) is 10.8. The Kier molecular flexibility index (Phi) is 14.3.